The molecule has 2 aromatic rings. The topological polar surface area (TPSA) is 88.5 Å². The molecular weight excluding hydrogens is 455 g/mol. The SMILES string of the molecule is CC1CCC(N(C)/C=C(/F)C(=O)N(C=O)COCc2ccccc2)O1.OCOCc1ccccc1. The monoisotopic (exact) mass is 488 g/mol. The highest BCUT2D eigenvalue weighted by atomic mass is 19.1. The van der Waals surface area contributed by atoms with Crippen molar-refractivity contribution in [2.24, 2.45) is 0 Å². The van der Waals surface area contributed by atoms with Gasteiger partial charge in [-0.05, 0) is 30.9 Å². The molecule has 1 aliphatic rings. The number of aliphatic hydroxyl groups excluding tert-OH is 1. The van der Waals surface area contributed by atoms with E-state index in [4.69, 9.17) is 19.3 Å². The van der Waals surface area contributed by atoms with E-state index in [2.05, 4.69) is 0 Å². The van der Waals surface area contributed by atoms with Crippen molar-refractivity contribution in [2.75, 3.05) is 20.6 Å². The molecule has 2 atom stereocenters. The zero-order valence-electron chi connectivity index (χ0n) is 20.1. The third kappa shape index (κ3) is 10.4. The smallest absolute Gasteiger partial charge is 0.292 e. The number of aliphatic hydroxyl groups is 1. The van der Waals surface area contributed by atoms with Crippen molar-refractivity contribution in [3.05, 3.63) is 83.8 Å². The van der Waals surface area contributed by atoms with Crippen molar-refractivity contribution in [1.29, 1.82) is 0 Å². The average Bonchev–Trinajstić information content (AvgIpc) is 3.33. The van der Waals surface area contributed by atoms with Crippen molar-refractivity contribution in [3.63, 3.8) is 0 Å². The number of hydrogen-bond donors (Lipinski definition) is 1. The third-order valence-electron chi connectivity index (χ3n) is 5.12. The zero-order chi connectivity index (χ0) is 25.5. The summed E-state index contributed by atoms with van der Waals surface area (Å²) in [6.45, 7) is 2.11. The molecule has 2 aromatic carbocycles. The summed E-state index contributed by atoms with van der Waals surface area (Å²) in [7, 11) is 1.63. The Labute approximate surface area is 205 Å². The Morgan fingerprint density at radius 3 is 2.11 bits per heavy atom. The molecule has 0 aromatic heterocycles. The Balaban J connectivity index is 0.000000360. The van der Waals surface area contributed by atoms with E-state index in [1.807, 2.05) is 67.6 Å². The molecule has 9 heteroatoms. The van der Waals surface area contributed by atoms with Crippen LogP contribution in [0, 0.1) is 0 Å². The van der Waals surface area contributed by atoms with Gasteiger partial charge in [0.2, 0.25) is 12.2 Å². The van der Waals surface area contributed by atoms with E-state index in [-0.39, 0.29) is 38.9 Å². The maximum atomic E-state index is 14.1. The number of nitrogens with zero attached hydrogens (tertiary/aromatic N) is 2. The molecule has 1 N–H and O–H groups in total. The molecule has 2 unspecified atom stereocenters. The number of amides is 2. The second kappa shape index (κ2) is 15.7. The zero-order valence-corrected chi connectivity index (χ0v) is 20.1. The van der Waals surface area contributed by atoms with E-state index in [0.717, 1.165) is 30.2 Å². The Morgan fingerprint density at radius 1 is 1.06 bits per heavy atom. The lowest BCUT2D eigenvalue weighted by molar-refractivity contribution is -0.142. The van der Waals surface area contributed by atoms with Gasteiger partial charge >= 0.3 is 0 Å². The fraction of sp³-hybridized carbons (Fsp3) is 0.385. The minimum absolute atomic E-state index is 0.109. The van der Waals surface area contributed by atoms with Crippen LogP contribution in [0.4, 0.5) is 4.39 Å². The van der Waals surface area contributed by atoms with Gasteiger partial charge in [-0.1, -0.05) is 60.7 Å². The lowest BCUT2D eigenvalue weighted by Crippen LogP contribution is -2.34. The molecule has 0 saturated carbocycles. The quantitative estimate of drug-likeness (QED) is 0.294. The molecule has 1 heterocycles. The fourth-order valence-corrected chi connectivity index (χ4v) is 3.25. The molecule has 35 heavy (non-hydrogen) atoms. The van der Waals surface area contributed by atoms with Gasteiger partial charge < -0.3 is 24.2 Å². The van der Waals surface area contributed by atoms with Crippen molar-refractivity contribution in [1.82, 2.24) is 9.80 Å². The number of benzene rings is 2. The van der Waals surface area contributed by atoms with Crippen LogP contribution in [0.3, 0.4) is 0 Å². The Bertz CT molecular complexity index is 913. The molecule has 2 amide bonds. The molecule has 1 aliphatic heterocycles. The van der Waals surface area contributed by atoms with Crippen molar-refractivity contribution in [3.8, 4) is 0 Å². The van der Waals surface area contributed by atoms with Crippen molar-refractivity contribution in [2.45, 2.75) is 45.3 Å². The summed E-state index contributed by atoms with van der Waals surface area (Å²) in [4.78, 5) is 25.3. The van der Waals surface area contributed by atoms with E-state index in [1.165, 1.54) is 4.90 Å². The van der Waals surface area contributed by atoms with Gasteiger partial charge in [0.15, 0.2) is 0 Å². The second-order valence-electron chi connectivity index (χ2n) is 7.93. The highest BCUT2D eigenvalue weighted by Gasteiger charge is 2.26. The first kappa shape index (κ1) is 28.1. The minimum atomic E-state index is -1.04. The summed E-state index contributed by atoms with van der Waals surface area (Å²) < 4.78 is 29.8. The van der Waals surface area contributed by atoms with Gasteiger partial charge in [-0.15, -0.1) is 0 Å². The van der Waals surface area contributed by atoms with Gasteiger partial charge in [0.25, 0.3) is 5.91 Å². The summed E-state index contributed by atoms with van der Waals surface area (Å²) in [6.07, 6.45) is 2.79. The predicted molar refractivity (Wildman–Crippen MR) is 128 cm³/mol. The standard InChI is InChI=1S/C18H23FN2O4.C8H10O2/c1-14-8-9-17(25-14)20(2)10-16(19)18(23)21(12-22)13-24-11-15-6-4-3-5-7-15;9-7-10-6-8-4-2-1-3-5-8/h3-7,10,12,14,17H,8-9,11,13H2,1-2H3;1-5,9H,6-7H2/b16-10+;. The first-order chi connectivity index (χ1) is 16.9. The van der Waals surface area contributed by atoms with E-state index in [1.54, 1.807) is 7.05 Å². The highest BCUT2D eigenvalue weighted by Crippen LogP contribution is 2.22. The Kier molecular flexibility index (Phi) is 12.6. The molecule has 0 aliphatic carbocycles. The Hall–Kier alpha value is -3.11. The van der Waals surface area contributed by atoms with E-state index >= 15 is 0 Å². The average molecular weight is 489 g/mol. The maximum Gasteiger partial charge on any atom is 0.292 e. The molecule has 1 saturated heterocycles. The summed E-state index contributed by atoms with van der Waals surface area (Å²) >= 11 is 0. The summed E-state index contributed by atoms with van der Waals surface area (Å²) in [6, 6.07) is 19.0. The Morgan fingerprint density at radius 2 is 1.63 bits per heavy atom. The number of imide groups is 1. The normalized spacial score (nSPS) is 17.3. The van der Waals surface area contributed by atoms with Crippen molar-refractivity contribution >= 4 is 12.3 Å². The molecule has 190 valence electrons. The van der Waals surface area contributed by atoms with Gasteiger partial charge in [0.05, 0.1) is 19.3 Å². The van der Waals surface area contributed by atoms with Gasteiger partial charge in [0.1, 0.15) is 19.8 Å². The fourth-order valence-electron chi connectivity index (χ4n) is 3.25. The van der Waals surface area contributed by atoms with Crippen LogP contribution in [0.5, 0.6) is 0 Å². The summed E-state index contributed by atoms with van der Waals surface area (Å²) in [5, 5.41) is 8.31. The number of rotatable bonds is 11. The van der Waals surface area contributed by atoms with Crippen LogP contribution in [0.15, 0.2) is 72.7 Å². The minimum Gasteiger partial charge on any atom is -0.371 e. The largest absolute Gasteiger partial charge is 0.371 e. The van der Waals surface area contributed by atoms with Gasteiger partial charge in [-0.25, -0.2) is 0 Å². The molecule has 0 spiro atoms. The lowest BCUT2D eigenvalue weighted by atomic mass is 10.2. The van der Waals surface area contributed by atoms with Crippen LogP contribution in [0.25, 0.3) is 0 Å². The summed E-state index contributed by atoms with van der Waals surface area (Å²) in [5.74, 6) is -2.08. The number of carbonyl (C=O) groups excluding carboxylic acids is 2. The van der Waals surface area contributed by atoms with Gasteiger partial charge in [-0.3, -0.25) is 14.5 Å². The maximum absolute atomic E-state index is 14.1. The number of carbonyl (C=O) groups is 2. The number of ether oxygens (including phenoxy) is 3. The van der Waals surface area contributed by atoms with Crippen LogP contribution in [-0.4, -0.2) is 60.1 Å². The van der Waals surface area contributed by atoms with Crippen LogP contribution < -0.4 is 0 Å². The number of hydrogen-bond acceptors (Lipinski definition) is 7. The molecule has 3 rings (SSSR count). The molecular formula is C26H33FN2O6. The van der Waals surface area contributed by atoms with Crippen molar-refractivity contribution < 1.29 is 33.3 Å². The van der Waals surface area contributed by atoms with E-state index < -0.39 is 11.7 Å². The first-order valence-corrected chi connectivity index (χ1v) is 11.3. The highest BCUT2D eigenvalue weighted by molar-refractivity contribution is 5.97. The summed E-state index contributed by atoms with van der Waals surface area (Å²) in [5.41, 5.74) is 1.97. The molecule has 1 fully saturated rings. The molecule has 8 nitrogen and oxygen atoms in total. The van der Waals surface area contributed by atoms with E-state index in [0.29, 0.717) is 11.5 Å². The lowest BCUT2D eigenvalue weighted by Gasteiger charge is -2.23. The third-order valence-corrected chi connectivity index (χ3v) is 5.12. The van der Waals surface area contributed by atoms with Crippen LogP contribution >= 0.6 is 0 Å². The number of halogens is 1. The predicted octanol–water partition coefficient (Wildman–Crippen LogP) is 3.57. The van der Waals surface area contributed by atoms with Crippen LogP contribution in [0.1, 0.15) is 30.9 Å². The second-order valence-corrected chi connectivity index (χ2v) is 7.93. The molecule has 0 bridgehead atoms. The first-order valence-electron chi connectivity index (χ1n) is 11.3. The van der Waals surface area contributed by atoms with Gasteiger partial charge in [-0.2, -0.15) is 4.39 Å². The van der Waals surface area contributed by atoms with Gasteiger partial charge in [0, 0.05) is 13.2 Å². The van der Waals surface area contributed by atoms with E-state index in [9.17, 15) is 14.0 Å². The van der Waals surface area contributed by atoms with Crippen LogP contribution in [-0.2, 0) is 37.0 Å². The molecule has 0 radical (unpaired) electrons. The van der Waals surface area contributed by atoms with Crippen LogP contribution in [0.2, 0.25) is 0 Å².